The summed E-state index contributed by atoms with van der Waals surface area (Å²) in [6, 6.07) is 11.2. The van der Waals surface area contributed by atoms with Crippen LogP contribution in [0.5, 0.6) is 5.75 Å². The Bertz CT molecular complexity index is 1090. The summed E-state index contributed by atoms with van der Waals surface area (Å²) in [5.74, 6) is -0.890. The molecule has 2 aromatic carbocycles. The fourth-order valence-electron chi connectivity index (χ4n) is 3.03. The molecule has 1 amide bonds. The van der Waals surface area contributed by atoms with Gasteiger partial charge in [0.2, 0.25) is 10.0 Å². The molecule has 1 aliphatic rings. The predicted octanol–water partition coefficient (Wildman–Crippen LogP) is 3.04. The van der Waals surface area contributed by atoms with Crippen LogP contribution in [0.3, 0.4) is 0 Å². The van der Waals surface area contributed by atoms with E-state index in [-0.39, 0.29) is 16.2 Å². The number of anilines is 1. The highest BCUT2D eigenvalue weighted by Gasteiger charge is 2.28. The highest BCUT2D eigenvalue weighted by atomic mass is 32.2. The first kappa shape index (κ1) is 17.9. The van der Waals surface area contributed by atoms with Gasteiger partial charge in [-0.2, -0.15) is 4.31 Å². The Hall–Kier alpha value is -2.49. The molecule has 7 nitrogen and oxygen atoms in total. The zero-order valence-electron chi connectivity index (χ0n) is 14.3. The van der Waals surface area contributed by atoms with Gasteiger partial charge in [-0.15, -0.1) is 0 Å². The quantitative estimate of drug-likeness (QED) is 0.697. The summed E-state index contributed by atoms with van der Waals surface area (Å²) in [5, 5.41) is 13.1. The molecule has 1 saturated heterocycles. The summed E-state index contributed by atoms with van der Waals surface area (Å²) in [5.41, 5.74) is 0.655. The molecule has 0 unspecified atom stereocenters. The zero-order valence-corrected chi connectivity index (χ0v) is 15.9. The molecular weight excluding hydrogens is 386 g/mol. The van der Waals surface area contributed by atoms with E-state index >= 15 is 0 Å². The van der Waals surface area contributed by atoms with E-state index in [1.807, 2.05) is 24.3 Å². The summed E-state index contributed by atoms with van der Waals surface area (Å²) in [4.78, 5) is 16.9. The first-order chi connectivity index (χ1) is 12.9. The average Bonchev–Trinajstić information content (AvgIpc) is 3.31. The van der Waals surface area contributed by atoms with E-state index in [0.29, 0.717) is 18.2 Å². The van der Waals surface area contributed by atoms with Crippen molar-refractivity contribution in [1.82, 2.24) is 9.29 Å². The van der Waals surface area contributed by atoms with Crippen LogP contribution in [0.2, 0.25) is 0 Å². The summed E-state index contributed by atoms with van der Waals surface area (Å²) in [7, 11) is -3.68. The molecule has 0 saturated carbocycles. The van der Waals surface area contributed by atoms with Crippen molar-refractivity contribution in [3.05, 3.63) is 48.0 Å². The van der Waals surface area contributed by atoms with Crippen molar-refractivity contribution in [2.24, 2.45) is 0 Å². The Morgan fingerprint density at radius 1 is 1.15 bits per heavy atom. The monoisotopic (exact) mass is 403 g/mol. The maximum atomic E-state index is 12.7. The SMILES string of the molecule is O=C(Nc1nc2ccccc2s1)c1cc(S(=O)(=O)N2CCCC2)ccc1O. The first-order valence-electron chi connectivity index (χ1n) is 8.45. The van der Waals surface area contributed by atoms with Crippen LogP contribution in [0.1, 0.15) is 23.2 Å². The van der Waals surface area contributed by atoms with Crippen LogP contribution in [0.4, 0.5) is 5.13 Å². The number of benzene rings is 2. The number of phenolic OH excluding ortho intramolecular Hbond substituents is 1. The molecule has 0 atom stereocenters. The van der Waals surface area contributed by atoms with Gasteiger partial charge < -0.3 is 5.11 Å². The molecular formula is C18H17N3O4S2. The number of nitrogens with zero attached hydrogens (tertiary/aromatic N) is 2. The van der Waals surface area contributed by atoms with Gasteiger partial charge in [-0.25, -0.2) is 13.4 Å². The molecule has 1 aliphatic heterocycles. The number of phenols is 1. The number of para-hydroxylation sites is 1. The van der Waals surface area contributed by atoms with Gasteiger partial charge >= 0.3 is 0 Å². The molecule has 1 fully saturated rings. The summed E-state index contributed by atoms with van der Waals surface area (Å²) >= 11 is 1.31. The number of amides is 1. The molecule has 0 radical (unpaired) electrons. The number of hydrogen-bond acceptors (Lipinski definition) is 6. The van der Waals surface area contributed by atoms with E-state index in [1.54, 1.807) is 0 Å². The lowest BCUT2D eigenvalue weighted by Crippen LogP contribution is -2.28. The van der Waals surface area contributed by atoms with E-state index in [1.165, 1.54) is 33.8 Å². The van der Waals surface area contributed by atoms with E-state index in [2.05, 4.69) is 10.3 Å². The number of sulfonamides is 1. The molecule has 1 aromatic heterocycles. The minimum Gasteiger partial charge on any atom is -0.507 e. The third-order valence-corrected chi connectivity index (χ3v) is 7.28. The molecule has 0 spiro atoms. The van der Waals surface area contributed by atoms with Gasteiger partial charge in [0.05, 0.1) is 20.7 Å². The summed E-state index contributed by atoms with van der Waals surface area (Å²) in [6.45, 7) is 0.937. The van der Waals surface area contributed by atoms with Crippen LogP contribution < -0.4 is 5.32 Å². The number of rotatable bonds is 4. The minimum atomic E-state index is -3.68. The van der Waals surface area contributed by atoms with Crippen LogP contribution in [-0.4, -0.2) is 41.8 Å². The Labute approximate surface area is 160 Å². The van der Waals surface area contributed by atoms with Crippen LogP contribution in [-0.2, 0) is 10.0 Å². The van der Waals surface area contributed by atoms with Crippen molar-refractivity contribution in [2.45, 2.75) is 17.7 Å². The first-order valence-corrected chi connectivity index (χ1v) is 10.7. The molecule has 0 aliphatic carbocycles. The van der Waals surface area contributed by atoms with Crippen LogP contribution in [0.25, 0.3) is 10.2 Å². The topological polar surface area (TPSA) is 99.6 Å². The number of aromatic hydroxyl groups is 1. The molecule has 4 rings (SSSR count). The fourth-order valence-corrected chi connectivity index (χ4v) is 5.43. The number of fused-ring (bicyclic) bond motifs is 1. The number of thiazole rings is 1. The highest BCUT2D eigenvalue weighted by Crippen LogP contribution is 2.29. The predicted molar refractivity (Wildman–Crippen MR) is 104 cm³/mol. The summed E-state index contributed by atoms with van der Waals surface area (Å²) in [6.07, 6.45) is 1.64. The maximum Gasteiger partial charge on any atom is 0.261 e. The van der Waals surface area contributed by atoms with Crippen LogP contribution in [0.15, 0.2) is 47.4 Å². The molecule has 27 heavy (non-hydrogen) atoms. The van der Waals surface area contributed by atoms with Crippen LogP contribution >= 0.6 is 11.3 Å². The molecule has 140 valence electrons. The maximum absolute atomic E-state index is 12.7. The number of hydrogen-bond donors (Lipinski definition) is 2. The highest BCUT2D eigenvalue weighted by molar-refractivity contribution is 7.89. The molecule has 2 N–H and O–H groups in total. The average molecular weight is 403 g/mol. The minimum absolute atomic E-state index is 0.00310. The van der Waals surface area contributed by atoms with Gasteiger partial charge in [0.25, 0.3) is 5.91 Å². The Kier molecular flexibility index (Phi) is 4.58. The van der Waals surface area contributed by atoms with E-state index < -0.39 is 15.9 Å². The zero-order chi connectivity index (χ0) is 19.0. The Balaban J connectivity index is 1.63. The molecule has 0 bridgehead atoms. The van der Waals surface area contributed by atoms with E-state index in [4.69, 9.17) is 0 Å². The normalized spacial score (nSPS) is 15.3. The fraction of sp³-hybridized carbons (Fsp3) is 0.222. The van der Waals surface area contributed by atoms with Crippen molar-refractivity contribution >= 4 is 42.6 Å². The van der Waals surface area contributed by atoms with Gasteiger partial charge in [0.1, 0.15) is 5.75 Å². The Morgan fingerprint density at radius 3 is 2.63 bits per heavy atom. The lowest BCUT2D eigenvalue weighted by atomic mass is 10.2. The number of carbonyl (C=O) groups excluding carboxylic acids is 1. The second-order valence-corrected chi connectivity index (χ2v) is 9.20. The van der Waals surface area contributed by atoms with E-state index in [0.717, 1.165) is 23.1 Å². The van der Waals surface area contributed by atoms with Crippen molar-refractivity contribution in [2.75, 3.05) is 18.4 Å². The van der Waals surface area contributed by atoms with Crippen molar-refractivity contribution in [3.8, 4) is 5.75 Å². The van der Waals surface area contributed by atoms with Gasteiger partial charge in [0, 0.05) is 13.1 Å². The van der Waals surface area contributed by atoms with Crippen molar-refractivity contribution < 1.29 is 18.3 Å². The number of carbonyl (C=O) groups is 1. The van der Waals surface area contributed by atoms with Crippen molar-refractivity contribution in [3.63, 3.8) is 0 Å². The number of aromatic nitrogens is 1. The van der Waals surface area contributed by atoms with Gasteiger partial charge in [-0.1, -0.05) is 23.5 Å². The van der Waals surface area contributed by atoms with E-state index in [9.17, 15) is 18.3 Å². The Morgan fingerprint density at radius 2 is 1.89 bits per heavy atom. The number of nitrogens with one attached hydrogen (secondary N) is 1. The van der Waals surface area contributed by atoms with Crippen LogP contribution in [0, 0.1) is 0 Å². The molecule has 9 heteroatoms. The van der Waals surface area contributed by atoms with Crippen molar-refractivity contribution in [1.29, 1.82) is 0 Å². The van der Waals surface area contributed by atoms with Gasteiger partial charge in [0.15, 0.2) is 5.13 Å². The standard InChI is InChI=1S/C18H17N3O4S2/c22-15-8-7-12(27(24,25)21-9-3-4-10-21)11-13(15)17(23)20-18-19-14-5-1-2-6-16(14)26-18/h1-2,5-8,11,22H,3-4,9-10H2,(H,19,20,23). The third kappa shape index (κ3) is 3.41. The molecule has 3 aromatic rings. The second kappa shape index (κ2) is 6.91. The lowest BCUT2D eigenvalue weighted by Gasteiger charge is -2.16. The largest absolute Gasteiger partial charge is 0.507 e. The third-order valence-electron chi connectivity index (χ3n) is 4.43. The second-order valence-electron chi connectivity index (χ2n) is 6.23. The summed E-state index contributed by atoms with van der Waals surface area (Å²) < 4.78 is 27.7. The smallest absolute Gasteiger partial charge is 0.261 e. The molecule has 2 heterocycles. The lowest BCUT2D eigenvalue weighted by molar-refractivity contribution is 0.102. The van der Waals surface area contributed by atoms with Gasteiger partial charge in [-0.05, 0) is 43.2 Å². The van der Waals surface area contributed by atoms with Gasteiger partial charge in [-0.3, -0.25) is 10.1 Å².